The third kappa shape index (κ3) is 5.28. The van der Waals surface area contributed by atoms with Crippen molar-refractivity contribution in [1.29, 1.82) is 0 Å². The molecule has 1 aliphatic heterocycles. The molecule has 0 unspecified atom stereocenters. The van der Waals surface area contributed by atoms with Crippen molar-refractivity contribution in [2.45, 2.75) is 26.7 Å². The zero-order valence-corrected chi connectivity index (χ0v) is 17.4. The van der Waals surface area contributed by atoms with E-state index in [1.165, 1.54) is 16.8 Å². The number of para-hydroxylation sites is 2. The number of hydrogen-bond acceptors (Lipinski definition) is 3. The molecular weight excluding hydrogens is 362 g/mol. The number of aryl methyl sites for hydroxylation is 2. The molecule has 6 heteroatoms. The van der Waals surface area contributed by atoms with Crippen LogP contribution in [0.2, 0.25) is 0 Å². The Morgan fingerprint density at radius 3 is 2.17 bits per heavy atom. The van der Waals surface area contributed by atoms with Crippen LogP contribution in [0.1, 0.15) is 25.0 Å². The maximum atomic E-state index is 12.6. The molecule has 0 aromatic heterocycles. The number of hydrogen-bond donors (Lipinski definition) is 2. The van der Waals surface area contributed by atoms with Crippen LogP contribution in [0.15, 0.2) is 53.5 Å². The number of nitrogens with zero attached hydrogens (tertiary/aromatic N) is 3. The maximum Gasteiger partial charge on any atom is 0.244 e. The second-order valence-electron chi connectivity index (χ2n) is 7.19. The van der Waals surface area contributed by atoms with Crippen LogP contribution >= 0.6 is 0 Å². The number of carbonyl (C=O) groups is 1. The van der Waals surface area contributed by atoms with Gasteiger partial charge in [0, 0.05) is 37.6 Å². The lowest BCUT2D eigenvalue weighted by Gasteiger charge is -2.36. The minimum atomic E-state index is 0.0157. The monoisotopic (exact) mass is 393 g/mol. The van der Waals surface area contributed by atoms with E-state index >= 15 is 0 Å². The largest absolute Gasteiger partial charge is 0.370 e. The lowest BCUT2D eigenvalue weighted by Crippen LogP contribution is -2.49. The van der Waals surface area contributed by atoms with E-state index in [1.807, 2.05) is 23.1 Å². The molecule has 0 radical (unpaired) electrons. The van der Waals surface area contributed by atoms with E-state index in [0.717, 1.165) is 31.6 Å². The van der Waals surface area contributed by atoms with E-state index in [1.54, 1.807) is 0 Å². The van der Waals surface area contributed by atoms with Crippen LogP contribution in [0.4, 0.5) is 11.4 Å². The van der Waals surface area contributed by atoms with Crippen LogP contribution < -0.4 is 16.0 Å². The predicted molar refractivity (Wildman–Crippen MR) is 121 cm³/mol. The first kappa shape index (κ1) is 20.7. The van der Waals surface area contributed by atoms with Crippen molar-refractivity contribution < 1.29 is 4.79 Å². The number of rotatable bonds is 6. The second kappa shape index (κ2) is 9.96. The van der Waals surface area contributed by atoms with Crippen molar-refractivity contribution in [3.8, 4) is 0 Å². The van der Waals surface area contributed by atoms with Crippen LogP contribution in [0, 0.1) is 0 Å². The number of nitrogens with two attached hydrogens (primary N) is 1. The molecule has 29 heavy (non-hydrogen) atoms. The zero-order valence-electron chi connectivity index (χ0n) is 17.4. The molecule has 1 saturated heterocycles. The summed E-state index contributed by atoms with van der Waals surface area (Å²) in [4.78, 5) is 21.0. The highest BCUT2D eigenvalue weighted by atomic mass is 16.2. The topological polar surface area (TPSA) is 74.0 Å². The van der Waals surface area contributed by atoms with Gasteiger partial charge in [0.05, 0.1) is 0 Å². The fourth-order valence-electron chi connectivity index (χ4n) is 3.68. The average Bonchev–Trinajstić information content (AvgIpc) is 2.78. The molecular formula is C23H31N5O. The number of amides is 1. The quantitative estimate of drug-likeness (QED) is 0.585. The Labute approximate surface area is 173 Å². The van der Waals surface area contributed by atoms with E-state index in [2.05, 4.69) is 59.4 Å². The number of piperazine rings is 1. The first-order chi connectivity index (χ1) is 14.1. The second-order valence-corrected chi connectivity index (χ2v) is 7.19. The molecule has 1 fully saturated rings. The third-order valence-corrected chi connectivity index (χ3v) is 5.39. The van der Waals surface area contributed by atoms with E-state index in [4.69, 9.17) is 5.73 Å². The Balaban J connectivity index is 1.55. The van der Waals surface area contributed by atoms with Crippen LogP contribution in [0.5, 0.6) is 0 Å². The van der Waals surface area contributed by atoms with Gasteiger partial charge in [-0.25, -0.2) is 4.99 Å². The van der Waals surface area contributed by atoms with Gasteiger partial charge in [-0.15, -0.1) is 0 Å². The fourth-order valence-corrected chi connectivity index (χ4v) is 3.68. The standard InChI is InChI=1S/C23H31N5O/c1-3-18-9-8-10-19(4-2)22(18)26-23(24)25-17-21(29)28-15-13-27(14-16-28)20-11-6-5-7-12-20/h5-12H,3-4,13-17H2,1-2H3,(H3,24,25,26). The van der Waals surface area contributed by atoms with E-state index in [9.17, 15) is 4.79 Å². The van der Waals surface area contributed by atoms with Gasteiger partial charge in [0.1, 0.15) is 6.54 Å². The summed E-state index contributed by atoms with van der Waals surface area (Å²) in [6.45, 7) is 7.37. The van der Waals surface area contributed by atoms with Crippen molar-refractivity contribution in [3.05, 3.63) is 59.7 Å². The molecule has 1 amide bonds. The van der Waals surface area contributed by atoms with Crippen molar-refractivity contribution in [3.63, 3.8) is 0 Å². The Bertz CT molecular complexity index is 819. The van der Waals surface area contributed by atoms with Gasteiger partial charge < -0.3 is 20.9 Å². The molecule has 0 saturated carbocycles. The molecule has 2 aromatic rings. The van der Waals surface area contributed by atoms with Gasteiger partial charge in [-0.3, -0.25) is 4.79 Å². The minimum absolute atomic E-state index is 0.0157. The van der Waals surface area contributed by atoms with Gasteiger partial charge in [0.25, 0.3) is 0 Å². The lowest BCUT2D eigenvalue weighted by atomic mass is 10.0. The lowest BCUT2D eigenvalue weighted by molar-refractivity contribution is -0.129. The fraction of sp³-hybridized carbons (Fsp3) is 0.391. The van der Waals surface area contributed by atoms with Crippen LogP contribution in [-0.4, -0.2) is 49.5 Å². The van der Waals surface area contributed by atoms with Crippen LogP contribution in [0.25, 0.3) is 0 Å². The number of anilines is 2. The summed E-state index contributed by atoms with van der Waals surface area (Å²) in [7, 11) is 0. The minimum Gasteiger partial charge on any atom is -0.370 e. The molecule has 0 bridgehead atoms. The highest BCUT2D eigenvalue weighted by molar-refractivity contribution is 5.95. The van der Waals surface area contributed by atoms with Crippen LogP contribution in [-0.2, 0) is 17.6 Å². The molecule has 6 nitrogen and oxygen atoms in total. The molecule has 0 spiro atoms. The summed E-state index contributed by atoms with van der Waals surface area (Å²) < 4.78 is 0. The number of carbonyl (C=O) groups excluding carboxylic acids is 1. The Morgan fingerprint density at radius 1 is 0.966 bits per heavy atom. The summed E-state index contributed by atoms with van der Waals surface area (Å²) in [6, 6.07) is 16.5. The van der Waals surface area contributed by atoms with Crippen molar-refractivity contribution in [2.24, 2.45) is 10.7 Å². The van der Waals surface area contributed by atoms with Gasteiger partial charge in [-0.05, 0) is 36.1 Å². The summed E-state index contributed by atoms with van der Waals surface area (Å²) in [5, 5.41) is 3.22. The molecule has 0 aliphatic carbocycles. The van der Waals surface area contributed by atoms with Crippen molar-refractivity contribution in [1.82, 2.24) is 4.90 Å². The molecule has 3 rings (SSSR count). The zero-order chi connectivity index (χ0) is 20.6. The molecule has 154 valence electrons. The first-order valence-corrected chi connectivity index (χ1v) is 10.4. The SMILES string of the molecule is CCc1cccc(CC)c1NC(N)=NCC(=O)N1CCN(c2ccccc2)CC1. The first-order valence-electron chi connectivity index (χ1n) is 10.4. The average molecular weight is 394 g/mol. The number of benzene rings is 2. The Hall–Kier alpha value is -3.02. The summed E-state index contributed by atoms with van der Waals surface area (Å²) in [6.07, 6.45) is 1.82. The predicted octanol–water partition coefficient (Wildman–Crippen LogP) is 2.89. The number of guanidine groups is 1. The highest BCUT2D eigenvalue weighted by Crippen LogP contribution is 2.22. The Kier molecular flexibility index (Phi) is 7.11. The van der Waals surface area contributed by atoms with E-state index in [0.29, 0.717) is 13.1 Å². The molecule has 1 aliphatic rings. The smallest absolute Gasteiger partial charge is 0.244 e. The van der Waals surface area contributed by atoms with Crippen molar-refractivity contribution >= 4 is 23.2 Å². The summed E-state index contributed by atoms with van der Waals surface area (Å²) >= 11 is 0. The summed E-state index contributed by atoms with van der Waals surface area (Å²) in [5.74, 6) is 0.304. The highest BCUT2D eigenvalue weighted by Gasteiger charge is 2.21. The molecule has 2 aromatic carbocycles. The molecule has 0 atom stereocenters. The van der Waals surface area contributed by atoms with Gasteiger partial charge in [0.2, 0.25) is 5.91 Å². The normalized spacial score (nSPS) is 14.8. The summed E-state index contributed by atoms with van der Waals surface area (Å²) in [5.41, 5.74) is 10.7. The third-order valence-electron chi connectivity index (χ3n) is 5.39. The Morgan fingerprint density at radius 2 is 1.59 bits per heavy atom. The van der Waals surface area contributed by atoms with Crippen molar-refractivity contribution in [2.75, 3.05) is 42.9 Å². The van der Waals surface area contributed by atoms with Gasteiger partial charge in [0.15, 0.2) is 5.96 Å². The molecule has 3 N–H and O–H groups in total. The van der Waals surface area contributed by atoms with Gasteiger partial charge in [-0.1, -0.05) is 50.2 Å². The van der Waals surface area contributed by atoms with Gasteiger partial charge >= 0.3 is 0 Å². The number of nitrogens with one attached hydrogen (secondary N) is 1. The van der Waals surface area contributed by atoms with Crippen LogP contribution in [0.3, 0.4) is 0 Å². The van der Waals surface area contributed by atoms with Gasteiger partial charge in [-0.2, -0.15) is 0 Å². The molecule has 1 heterocycles. The van der Waals surface area contributed by atoms with E-state index in [-0.39, 0.29) is 18.4 Å². The number of aliphatic imine (C=N–C) groups is 1. The maximum absolute atomic E-state index is 12.6. The van der Waals surface area contributed by atoms with E-state index < -0.39 is 0 Å².